The lowest BCUT2D eigenvalue weighted by Crippen LogP contribution is -2.38. The lowest BCUT2D eigenvalue weighted by atomic mass is 9.76. The molecule has 2 heterocycles. The topological polar surface area (TPSA) is 101 Å². The summed E-state index contributed by atoms with van der Waals surface area (Å²) in [6.45, 7) is 0. The number of aliphatic imine (C=N–C) groups is 1. The van der Waals surface area contributed by atoms with Crippen LogP contribution >= 0.6 is 22.9 Å². The van der Waals surface area contributed by atoms with Crippen LogP contribution in [0.1, 0.15) is 42.3 Å². The standard InChI is InChI=1S/C24H21ClF3N3O4S/c1-35-21(32)17-16(9-14-13-4-5-23(14,22(33)34)10-24(13,27)28)30-19(20-29-6-7-36-20)31-18(17)12-3-2-11(26)8-15(12)25/h2-3,6-8,13-14,18H,4-5,9-10H2,1H3,(H,30,31)(H,33,34)/t13-,14?,18-,23+/m0/s1. The van der Waals surface area contributed by atoms with E-state index in [0.29, 0.717) is 10.6 Å². The molecule has 0 radical (unpaired) electrons. The van der Waals surface area contributed by atoms with Crippen LogP contribution in [0.25, 0.3) is 0 Å². The second-order valence-electron chi connectivity index (χ2n) is 9.25. The van der Waals surface area contributed by atoms with Gasteiger partial charge in [-0.1, -0.05) is 17.7 Å². The molecule has 12 heteroatoms. The second kappa shape index (κ2) is 8.88. The van der Waals surface area contributed by atoms with Crippen LogP contribution < -0.4 is 5.32 Å². The lowest BCUT2D eigenvalue weighted by molar-refractivity contribution is -0.153. The number of hydrogen-bond acceptors (Lipinski definition) is 7. The van der Waals surface area contributed by atoms with Crippen molar-refractivity contribution < 1.29 is 32.6 Å². The number of benzene rings is 1. The number of carbonyl (C=O) groups excluding carboxylic acids is 1. The molecule has 7 nitrogen and oxygen atoms in total. The van der Waals surface area contributed by atoms with Crippen LogP contribution in [-0.2, 0) is 14.3 Å². The van der Waals surface area contributed by atoms with E-state index in [2.05, 4.69) is 15.3 Å². The number of carboxylic acid groups (broad SMARTS) is 1. The molecule has 1 unspecified atom stereocenters. The van der Waals surface area contributed by atoms with Crippen molar-refractivity contribution in [3.63, 3.8) is 0 Å². The Morgan fingerprint density at radius 2 is 2.14 bits per heavy atom. The van der Waals surface area contributed by atoms with Crippen molar-refractivity contribution in [1.82, 2.24) is 10.3 Å². The number of thiazole rings is 1. The number of fused-ring (bicyclic) bond motifs is 2. The van der Waals surface area contributed by atoms with Crippen molar-refractivity contribution in [3.05, 3.63) is 62.5 Å². The highest BCUT2D eigenvalue weighted by atomic mass is 35.5. The van der Waals surface area contributed by atoms with Crippen molar-refractivity contribution in [2.75, 3.05) is 7.11 Å². The van der Waals surface area contributed by atoms with Gasteiger partial charge in [0.25, 0.3) is 5.92 Å². The largest absolute Gasteiger partial charge is 0.481 e. The van der Waals surface area contributed by atoms with Gasteiger partial charge in [0, 0.05) is 40.2 Å². The van der Waals surface area contributed by atoms with Gasteiger partial charge < -0.3 is 15.2 Å². The third-order valence-electron chi connectivity index (χ3n) is 7.46. The second-order valence-corrected chi connectivity index (χ2v) is 10.5. The summed E-state index contributed by atoms with van der Waals surface area (Å²) < 4.78 is 48.5. The number of nitrogens with zero attached hydrogens (tertiary/aromatic N) is 2. The molecule has 5 rings (SSSR count). The van der Waals surface area contributed by atoms with Crippen LogP contribution in [0.5, 0.6) is 0 Å². The number of esters is 1. The number of aromatic nitrogens is 1. The number of ether oxygens (including phenoxy) is 1. The zero-order chi connectivity index (χ0) is 25.8. The Morgan fingerprint density at radius 1 is 1.36 bits per heavy atom. The maximum Gasteiger partial charge on any atom is 0.338 e. The fourth-order valence-electron chi connectivity index (χ4n) is 5.86. The van der Waals surface area contributed by atoms with Crippen molar-refractivity contribution in [2.45, 2.75) is 37.6 Å². The number of nitrogens with one attached hydrogen (secondary N) is 1. The van der Waals surface area contributed by atoms with Gasteiger partial charge in [0.2, 0.25) is 0 Å². The molecule has 2 aliphatic carbocycles. The van der Waals surface area contributed by atoms with Crippen LogP contribution in [0.15, 0.2) is 46.0 Å². The normalized spacial score (nSPS) is 28.6. The minimum absolute atomic E-state index is 0.00136. The number of carboxylic acids is 1. The number of methoxy groups -OCH3 is 1. The van der Waals surface area contributed by atoms with E-state index in [4.69, 9.17) is 16.3 Å². The summed E-state index contributed by atoms with van der Waals surface area (Å²) in [5.41, 5.74) is -1.09. The first-order chi connectivity index (χ1) is 17.1. The molecular formula is C24H21ClF3N3O4S. The molecule has 2 N–H and O–H groups in total. The number of carbonyl (C=O) groups is 2. The quantitative estimate of drug-likeness (QED) is 0.502. The SMILES string of the molecule is COC(=O)C1=C(CC2[C@@H]3CC[C@@]2(C(=O)O)CC3(F)F)NC(c2nccs2)=N[C@H]1c1ccc(F)cc1Cl. The smallest absolute Gasteiger partial charge is 0.338 e. The summed E-state index contributed by atoms with van der Waals surface area (Å²) in [6, 6.07) is 2.60. The summed E-state index contributed by atoms with van der Waals surface area (Å²) >= 11 is 7.59. The number of hydrogen-bond donors (Lipinski definition) is 2. The van der Waals surface area contributed by atoms with Crippen LogP contribution in [0.4, 0.5) is 13.2 Å². The number of alkyl halides is 2. The third kappa shape index (κ3) is 3.88. The molecule has 0 saturated heterocycles. The Kier molecular flexibility index (Phi) is 6.11. The Labute approximate surface area is 213 Å². The molecule has 190 valence electrons. The first-order valence-corrected chi connectivity index (χ1v) is 12.5. The molecule has 4 atom stereocenters. The number of halogens is 4. The summed E-state index contributed by atoms with van der Waals surface area (Å²) in [5, 5.41) is 15.2. The molecule has 2 aromatic rings. The molecule has 0 spiro atoms. The van der Waals surface area contributed by atoms with E-state index in [1.54, 1.807) is 11.6 Å². The van der Waals surface area contributed by atoms with Gasteiger partial charge in [0.05, 0.1) is 18.1 Å². The van der Waals surface area contributed by atoms with Gasteiger partial charge in [-0.15, -0.1) is 11.3 Å². The van der Waals surface area contributed by atoms with E-state index in [9.17, 15) is 27.9 Å². The van der Waals surface area contributed by atoms with E-state index in [0.717, 1.165) is 6.07 Å². The van der Waals surface area contributed by atoms with E-state index in [-0.39, 0.29) is 41.4 Å². The molecule has 1 aromatic carbocycles. The number of aliphatic carboxylic acids is 1. The van der Waals surface area contributed by atoms with E-state index < -0.39 is 53.4 Å². The van der Waals surface area contributed by atoms with Gasteiger partial charge >= 0.3 is 11.9 Å². The van der Waals surface area contributed by atoms with Crippen molar-refractivity contribution in [2.24, 2.45) is 22.2 Å². The minimum Gasteiger partial charge on any atom is -0.481 e. The van der Waals surface area contributed by atoms with E-state index in [1.165, 1.54) is 30.6 Å². The zero-order valence-corrected chi connectivity index (χ0v) is 20.5. The summed E-state index contributed by atoms with van der Waals surface area (Å²) in [4.78, 5) is 34.2. The lowest BCUT2D eigenvalue weighted by Gasteiger charge is -2.31. The van der Waals surface area contributed by atoms with Crippen LogP contribution in [0.2, 0.25) is 5.02 Å². The molecule has 0 amide bonds. The van der Waals surface area contributed by atoms with E-state index >= 15 is 0 Å². The third-order valence-corrected chi connectivity index (χ3v) is 8.57. The van der Waals surface area contributed by atoms with Gasteiger partial charge in [0.15, 0.2) is 10.8 Å². The summed E-state index contributed by atoms with van der Waals surface area (Å²) in [7, 11) is 1.17. The predicted octanol–water partition coefficient (Wildman–Crippen LogP) is 4.98. The van der Waals surface area contributed by atoms with Crippen LogP contribution in [0, 0.1) is 23.1 Å². The highest BCUT2D eigenvalue weighted by Gasteiger charge is 2.70. The van der Waals surface area contributed by atoms with Gasteiger partial charge in [-0.05, 0) is 37.3 Å². The average Bonchev–Trinajstić information content (AvgIpc) is 3.52. The Morgan fingerprint density at radius 3 is 2.75 bits per heavy atom. The first-order valence-electron chi connectivity index (χ1n) is 11.2. The minimum atomic E-state index is -3.13. The Bertz CT molecular complexity index is 1300. The fourth-order valence-corrected chi connectivity index (χ4v) is 6.72. The van der Waals surface area contributed by atoms with Crippen molar-refractivity contribution in [3.8, 4) is 0 Å². The van der Waals surface area contributed by atoms with Gasteiger partial charge in [-0.3, -0.25) is 9.79 Å². The summed E-state index contributed by atoms with van der Waals surface area (Å²) in [5.74, 6) is -7.57. The molecule has 36 heavy (non-hydrogen) atoms. The van der Waals surface area contributed by atoms with Crippen molar-refractivity contribution >= 4 is 40.7 Å². The van der Waals surface area contributed by atoms with E-state index in [1.807, 2.05) is 0 Å². The molecule has 2 saturated carbocycles. The van der Waals surface area contributed by atoms with Crippen molar-refractivity contribution in [1.29, 1.82) is 0 Å². The molecular weight excluding hydrogens is 519 g/mol. The Balaban J connectivity index is 1.66. The Hall–Kier alpha value is -2.92. The molecule has 2 fully saturated rings. The molecule has 1 aliphatic heterocycles. The van der Waals surface area contributed by atoms with Gasteiger partial charge in [-0.25, -0.2) is 22.9 Å². The average molecular weight is 540 g/mol. The fraction of sp³-hybridized carbons (Fsp3) is 0.417. The predicted molar refractivity (Wildman–Crippen MR) is 125 cm³/mol. The highest BCUT2D eigenvalue weighted by molar-refractivity contribution is 7.11. The monoisotopic (exact) mass is 539 g/mol. The van der Waals surface area contributed by atoms with Gasteiger partial charge in [-0.2, -0.15) is 0 Å². The van der Waals surface area contributed by atoms with Crippen LogP contribution in [0.3, 0.4) is 0 Å². The molecule has 2 bridgehead atoms. The number of allylic oxidation sites excluding steroid dienone is 1. The highest BCUT2D eigenvalue weighted by Crippen LogP contribution is 2.66. The summed E-state index contributed by atoms with van der Waals surface area (Å²) in [6.07, 6.45) is 0.878. The zero-order valence-electron chi connectivity index (χ0n) is 18.9. The maximum atomic E-state index is 14.8. The van der Waals surface area contributed by atoms with Crippen LogP contribution in [-0.4, -0.2) is 40.9 Å². The number of amidine groups is 1. The maximum absolute atomic E-state index is 14.8. The first kappa shape index (κ1) is 24.8. The number of rotatable bonds is 6. The molecule has 3 aliphatic rings. The molecule has 1 aromatic heterocycles. The van der Waals surface area contributed by atoms with Gasteiger partial charge in [0.1, 0.15) is 11.9 Å².